The Hall–Kier alpha value is -0.910. The molecule has 1 amide bonds. The average Bonchev–Trinajstić information content (AvgIpc) is 2.43. The number of rotatable bonds is 3. The lowest BCUT2D eigenvalue weighted by Crippen LogP contribution is -2.40. The summed E-state index contributed by atoms with van der Waals surface area (Å²) in [4.78, 5) is 13.9. The van der Waals surface area contributed by atoms with Crippen molar-refractivity contribution in [1.29, 1.82) is 0 Å². The minimum Gasteiger partial charge on any atom is -0.339 e. The SMILES string of the molecule is CNCC1CCN(C(=O)c2cc(F)c(F)cc2Cl)CC1.Cl. The van der Waals surface area contributed by atoms with E-state index in [1.54, 1.807) is 4.90 Å². The number of likely N-dealkylation sites (tertiary alicyclic amines) is 1. The molecule has 0 unspecified atom stereocenters. The molecule has 1 aliphatic heterocycles. The number of halogens is 4. The van der Waals surface area contributed by atoms with E-state index in [1.807, 2.05) is 7.05 Å². The van der Waals surface area contributed by atoms with Gasteiger partial charge in [0.15, 0.2) is 11.6 Å². The fourth-order valence-electron chi connectivity index (χ4n) is 2.49. The lowest BCUT2D eigenvalue weighted by atomic mass is 9.96. The normalized spacial score (nSPS) is 15.7. The molecule has 1 saturated heterocycles. The average molecular weight is 339 g/mol. The molecule has 3 nitrogen and oxygen atoms in total. The number of hydrogen-bond acceptors (Lipinski definition) is 2. The molecule has 1 aliphatic rings. The topological polar surface area (TPSA) is 32.3 Å². The second kappa shape index (κ2) is 7.92. The van der Waals surface area contributed by atoms with E-state index in [0.29, 0.717) is 19.0 Å². The maximum Gasteiger partial charge on any atom is 0.255 e. The van der Waals surface area contributed by atoms with Gasteiger partial charge >= 0.3 is 0 Å². The molecule has 1 aromatic carbocycles. The van der Waals surface area contributed by atoms with Gasteiger partial charge in [0.05, 0.1) is 10.6 Å². The summed E-state index contributed by atoms with van der Waals surface area (Å²) in [5.74, 6) is -1.89. The molecular weight excluding hydrogens is 321 g/mol. The molecule has 21 heavy (non-hydrogen) atoms. The third kappa shape index (κ3) is 4.28. The number of piperidine rings is 1. The maximum atomic E-state index is 13.2. The third-order valence-electron chi connectivity index (χ3n) is 3.63. The van der Waals surface area contributed by atoms with Crippen molar-refractivity contribution in [1.82, 2.24) is 10.2 Å². The van der Waals surface area contributed by atoms with E-state index < -0.39 is 11.6 Å². The highest BCUT2D eigenvalue weighted by molar-refractivity contribution is 6.33. The molecule has 0 bridgehead atoms. The molecule has 1 N–H and O–H groups in total. The molecule has 0 spiro atoms. The van der Waals surface area contributed by atoms with Crippen LogP contribution in [0.15, 0.2) is 12.1 Å². The van der Waals surface area contributed by atoms with Crippen LogP contribution in [0.2, 0.25) is 5.02 Å². The van der Waals surface area contributed by atoms with E-state index >= 15 is 0 Å². The first-order valence-electron chi connectivity index (χ1n) is 6.61. The number of benzene rings is 1. The molecule has 1 fully saturated rings. The quantitative estimate of drug-likeness (QED) is 0.859. The molecule has 0 radical (unpaired) electrons. The van der Waals surface area contributed by atoms with E-state index in [0.717, 1.165) is 31.5 Å². The molecule has 2 rings (SSSR count). The zero-order valence-corrected chi connectivity index (χ0v) is 13.2. The summed E-state index contributed by atoms with van der Waals surface area (Å²) in [7, 11) is 1.90. The van der Waals surface area contributed by atoms with E-state index in [2.05, 4.69) is 5.32 Å². The maximum absolute atomic E-state index is 13.2. The lowest BCUT2D eigenvalue weighted by Gasteiger charge is -2.32. The monoisotopic (exact) mass is 338 g/mol. The minimum absolute atomic E-state index is 0. The Labute approximate surface area is 134 Å². The summed E-state index contributed by atoms with van der Waals surface area (Å²) < 4.78 is 26.2. The Morgan fingerprint density at radius 3 is 2.48 bits per heavy atom. The molecule has 7 heteroatoms. The van der Waals surface area contributed by atoms with Gasteiger partial charge in [-0.15, -0.1) is 12.4 Å². The van der Waals surface area contributed by atoms with Crippen LogP contribution in [0.1, 0.15) is 23.2 Å². The summed E-state index contributed by atoms with van der Waals surface area (Å²) >= 11 is 5.83. The molecule has 0 saturated carbocycles. The van der Waals surface area contributed by atoms with Crippen LogP contribution in [0.4, 0.5) is 8.78 Å². The smallest absolute Gasteiger partial charge is 0.255 e. The van der Waals surface area contributed by atoms with Gasteiger partial charge in [0, 0.05) is 13.1 Å². The van der Waals surface area contributed by atoms with E-state index in [1.165, 1.54) is 0 Å². The van der Waals surface area contributed by atoms with Crippen LogP contribution in [0.25, 0.3) is 0 Å². The third-order valence-corrected chi connectivity index (χ3v) is 3.95. The molecule has 118 valence electrons. The predicted molar refractivity (Wildman–Crippen MR) is 81.2 cm³/mol. The molecule has 1 aromatic rings. The molecule has 1 heterocycles. The second-order valence-electron chi connectivity index (χ2n) is 5.04. The van der Waals surface area contributed by atoms with Crippen LogP contribution in [0, 0.1) is 17.6 Å². The van der Waals surface area contributed by atoms with Gasteiger partial charge in [0.2, 0.25) is 0 Å². The van der Waals surface area contributed by atoms with Gasteiger partial charge in [-0.1, -0.05) is 11.6 Å². The molecule has 0 aromatic heterocycles. The second-order valence-corrected chi connectivity index (χ2v) is 5.45. The number of nitrogens with zero attached hydrogens (tertiary/aromatic N) is 1. The summed E-state index contributed by atoms with van der Waals surface area (Å²) in [5, 5.41) is 3.07. The summed E-state index contributed by atoms with van der Waals surface area (Å²) in [6.07, 6.45) is 1.79. The van der Waals surface area contributed by atoms with Crippen molar-refractivity contribution in [3.8, 4) is 0 Å². The highest BCUT2D eigenvalue weighted by Crippen LogP contribution is 2.24. The van der Waals surface area contributed by atoms with Crippen molar-refractivity contribution in [3.05, 3.63) is 34.4 Å². The Morgan fingerprint density at radius 2 is 1.90 bits per heavy atom. The van der Waals surface area contributed by atoms with Crippen molar-refractivity contribution in [3.63, 3.8) is 0 Å². The van der Waals surface area contributed by atoms with Gasteiger partial charge in [-0.25, -0.2) is 8.78 Å². The Kier molecular flexibility index (Phi) is 6.84. The summed E-state index contributed by atoms with van der Waals surface area (Å²) in [6, 6.07) is 1.72. The highest BCUT2D eigenvalue weighted by Gasteiger charge is 2.25. The largest absolute Gasteiger partial charge is 0.339 e. The lowest BCUT2D eigenvalue weighted by molar-refractivity contribution is 0.0690. The van der Waals surface area contributed by atoms with E-state index in [4.69, 9.17) is 11.6 Å². The summed E-state index contributed by atoms with van der Waals surface area (Å²) in [5.41, 5.74) is 0.0256. The predicted octanol–water partition coefficient (Wildman–Crippen LogP) is 3.11. The van der Waals surface area contributed by atoms with E-state index in [9.17, 15) is 13.6 Å². The number of amides is 1. The van der Waals surface area contributed by atoms with Gasteiger partial charge in [-0.3, -0.25) is 4.79 Å². The number of hydrogen-bond donors (Lipinski definition) is 1. The van der Waals surface area contributed by atoms with Crippen LogP contribution < -0.4 is 5.32 Å². The molecule has 0 aliphatic carbocycles. The zero-order chi connectivity index (χ0) is 14.7. The van der Waals surface area contributed by atoms with Crippen LogP contribution >= 0.6 is 24.0 Å². The highest BCUT2D eigenvalue weighted by atomic mass is 35.5. The first-order chi connectivity index (χ1) is 9.52. The number of carbonyl (C=O) groups excluding carboxylic acids is 1. The van der Waals surface area contributed by atoms with Gasteiger partial charge < -0.3 is 10.2 Å². The Balaban J connectivity index is 0.00000220. The first-order valence-corrected chi connectivity index (χ1v) is 6.99. The number of carbonyl (C=O) groups is 1. The van der Waals surface area contributed by atoms with Crippen molar-refractivity contribution in [2.24, 2.45) is 5.92 Å². The van der Waals surface area contributed by atoms with Gasteiger partial charge in [0.25, 0.3) is 5.91 Å². The van der Waals surface area contributed by atoms with Crippen LogP contribution in [-0.2, 0) is 0 Å². The van der Waals surface area contributed by atoms with Crippen LogP contribution in [0.5, 0.6) is 0 Å². The zero-order valence-electron chi connectivity index (χ0n) is 11.7. The standard InChI is InChI=1S/C14H17ClF2N2O.ClH/c1-18-8-9-2-4-19(5-3-9)14(20)10-6-12(16)13(17)7-11(10)15;/h6-7,9,18H,2-5,8H2,1H3;1H. The minimum atomic E-state index is -1.05. The fraction of sp³-hybridized carbons (Fsp3) is 0.500. The Bertz CT molecular complexity index is 506. The van der Waals surface area contributed by atoms with E-state index in [-0.39, 0.29) is 28.9 Å². The van der Waals surface area contributed by atoms with Crippen molar-refractivity contribution in [2.45, 2.75) is 12.8 Å². The van der Waals surface area contributed by atoms with Crippen molar-refractivity contribution in [2.75, 3.05) is 26.7 Å². The van der Waals surface area contributed by atoms with Gasteiger partial charge in [-0.05, 0) is 44.5 Å². The molecular formula is C14H18Cl2F2N2O. The number of nitrogens with one attached hydrogen (secondary N) is 1. The molecule has 0 atom stereocenters. The van der Waals surface area contributed by atoms with Gasteiger partial charge in [-0.2, -0.15) is 0 Å². The Morgan fingerprint density at radius 1 is 1.33 bits per heavy atom. The summed E-state index contributed by atoms with van der Waals surface area (Å²) in [6.45, 7) is 2.15. The van der Waals surface area contributed by atoms with Crippen LogP contribution in [-0.4, -0.2) is 37.5 Å². The van der Waals surface area contributed by atoms with Crippen molar-refractivity contribution < 1.29 is 13.6 Å². The van der Waals surface area contributed by atoms with Crippen LogP contribution in [0.3, 0.4) is 0 Å². The first kappa shape index (κ1) is 18.1. The van der Waals surface area contributed by atoms with Gasteiger partial charge in [0.1, 0.15) is 0 Å². The van der Waals surface area contributed by atoms with Crippen molar-refractivity contribution >= 4 is 29.9 Å². The fourth-order valence-corrected chi connectivity index (χ4v) is 2.72.